The van der Waals surface area contributed by atoms with E-state index in [1.807, 2.05) is 0 Å². The molecule has 0 atom stereocenters. The number of halogens is 7. The van der Waals surface area contributed by atoms with Gasteiger partial charge in [0.2, 0.25) is 0 Å². The molecule has 0 bridgehead atoms. The summed E-state index contributed by atoms with van der Waals surface area (Å²) in [7, 11) is 0. The van der Waals surface area contributed by atoms with Crippen molar-refractivity contribution in [3.05, 3.63) is 0 Å². The van der Waals surface area contributed by atoms with Crippen LogP contribution in [-0.4, -0.2) is 29.4 Å². The van der Waals surface area contributed by atoms with E-state index in [0.717, 1.165) is 0 Å². The lowest BCUT2D eigenvalue weighted by molar-refractivity contribution is -0.372. The molecule has 0 N–H and O–H groups in total. The maximum Gasteiger partial charge on any atom is 0.467 e. The monoisotopic (exact) mass is 273 g/mol. The van der Waals surface area contributed by atoms with Crippen molar-refractivity contribution in [3.63, 3.8) is 0 Å². The maximum atomic E-state index is 11.7. The molecule has 80 valence electrons. The summed E-state index contributed by atoms with van der Waals surface area (Å²) >= 11 is 2.75. The lowest BCUT2D eigenvalue weighted by atomic mass is 10.4. The molecule has 8 heteroatoms. The lowest BCUT2D eigenvalue weighted by Gasteiger charge is -2.26. The Morgan fingerprint density at radius 3 is 1.54 bits per heavy atom. The quantitative estimate of drug-likeness (QED) is 0.434. The third-order valence-corrected chi connectivity index (χ3v) is 1.69. The fourth-order valence-corrected chi connectivity index (χ4v) is 0.866. The highest BCUT2D eigenvalue weighted by Gasteiger charge is 2.53. The predicted molar refractivity (Wildman–Crippen MR) is 37.2 cm³/mol. The van der Waals surface area contributed by atoms with Crippen molar-refractivity contribution in [3.8, 4) is 0 Å². The molecular formula is C5H6BrF6N. The van der Waals surface area contributed by atoms with Gasteiger partial charge in [0.15, 0.2) is 0 Å². The van der Waals surface area contributed by atoms with Gasteiger partial charge in [-0.1, -0.05) is 15.9 Å². The van der Waals surface area contributed by atoms with E-state index >= 15 is 0 Å². The van der Waals surface area contributed by atoms with E-state index in [1.165, 1.54) is 0 Å². The first kappa shape index (κ1) is 13.0. The van der Waals surface area contributed by atoms with E-state index < -0.39 is 24.0 Å². The highest BCUT2D eigenvalue weighted by molar-refractivity contribution is 9.09. The molecule has 0 aliphatic rings. The molecule has 0 aliphatic carbocycles. The Kier molecular flexibility index (Phi) is 4.50. The van der Waals surface area contributed by atoms with Crippen LogP contribution in [0.5, 0.6) is 0 Å². The van der Waals surface area contributed by atoms with Crippen LogP contribution in [-0.2, 0) is 0 Å². The summed E-state index contributed by atoms with van der Waals surface area (Å²) in [6, 6.07) is 0. The first-order valence-electron chi connectivity index (χ1n) is 3.16. The lowest BCUT2D eigenvalue weighted by Crippen LogP contribution is -2.48. The summed E-state index contributed by atoms with van der Waals surface area (Å²) < 4.78 is 70.4. The van der Waals surface area contributed by atoms with Gasteiger partial charge in [0, 0.05) is 11.9 Å². The van der Waals surface area contributed by atoms with Crippen LogP contribution in [0, 0.1) is 0 Å². The standard InChI is InChI=1S/C5H6BrF6N/c6-2-1-3-13(4(7,8)9)5(10,11)12/h1-3H2. The average molecular weight is 274 g/mol. The Balaban J connectivity index is 4.39. The fraction of sp³-hybridized carbons (Fsp3) is 1.00. The number of hydrogen-bond donors (Lipinski definition) is 0. The van der Waals surface area contributed by atoms with E-state index in [4.69, 9.17) is 0 Å². The minimum Gasteiger partial charge on any atom is -0.155 e. The second-order valence-corrected chi connectivity index (χ2v) is 2.92. The van der Waals surface area contributed by atoms with Gasteiger partial charge in [-0.15, -0.1) is 4.90 Å². The molecule has 13 heavy (non-hydrogen) atoms. The Morgan fingerprint density at radius 1 is 0.923 bits per heavy atom. The summed E-state index contributed by atoms with van der Waals surface area (Å²) in [6.07, 6.45) is -10.9. The van der Waals surface area contributed by atoms with Crippen LogP contribution < -0.4 is 0 Å². The van der Waals surface area contributed by atoms with Crippen molar-refractivity contribution >= 4 is 15.9 Å². The molecule has 0 aromatic rings. The maximum absolute atomic E-state index is 11.7. The first-order chi connectivity index (χ1) is 5.69. The zero-order valence-corrected chi connectivity index (χ0v) is 7.80. The van der Waals surface area contributed by atoms with Crippen LogP contribution in [0.1, 0.15) is 6.42 Å². The van der Waals surface area contributed by atoms with Gasteiger partial charge in [-0.2, -0.15) is 26.3 Å². The number of rotatable bonds is 3. The number of hydrogen-bond acceptors (Lipinski definition) is 1. The van der Waals surface area contributed by atoms with Crippen molar-refractivity contribution in [1.82, 2.24) is 4.90 Å². The second-order valence-electron chi connectivity index (χ2n) is 2.13. The smallest absolute Gasteiger partial charge is 0.155 e. The minimum atomic E-state index is -5.36. The average Bonchev–Trinajstić information content (AvgIpc) is 1.81. The van der Waals surface area contributed by atoms with Crippen LogP contribution in [0.25, 0.3) is 0 Å². The highest BCUT2D eigenvalue weighted by atomic mass is 79.9. The number of nitrogens with zero attached hydrogens (tertiary/aromatic N) is 1. The molecule has 0 fully saturated rings. The summed E-state index contributed by atoms with van der Waals surface area (Å²) in [5, 5.41) is 0.0929. The molecule has 0 amide bonds. The van der Waals surface area contributed by atoms with Crippen LogP contribution in [0.2, 0.25) is 0 Å². The van der Waals surface area contributed by atoms with Crippen LogP contribution in [0.4, 0.5) is 26.3 Å². The number of alkyl halides is 7. The molecule has 0 rings (SSSR count). The highest BCUT2D eigenvalue weighted by Crippen LogP contribution is 2.33. The molecule has 0 spiro atoms. The zero-order chi connectivity index (χ0) is 10.7. The van der Waals surface area contributed by atoms with E-state index in [9.17, 15) is 26.3 Å². The SMILES string of the molecule is FC(F)(F)N(CCCBr)C(F)(F)F. The van der Waals surface area contributed by atoms with Crippen molar-refractivity contribution in [2.75, 3.05) is 11.9 Å². The first-order valence-corrected chi connectivity index (χ1v) is 4.29. The van der Waals surface area contributed by atoms with Gasteiger partial charge in [0.05, 0.1) is 0 Å². The Morgan fingerprint density at radius 2 is 1.31 bits per heavy atom. The third kappa shape index (κ3) is 4.70. The van der Waals surface area contributed by atoms with Crippen molar-refractivity contribution in [2.45, 2.75) is 19.0 Å². The Labute approximate surface area is 78.8 Å². The summed E-state index contributed by atoms with van der Waals surface area (Å²) in [5.41, 5.74) is 0. The molecule has 0 saturated carbocycles. The van der Waals surface area contributed by atoms with Crippen LogP contribution in [0.15, 0.2) is 0 Å². The third-order valence-electron chi connectivity index (χ3n) is 1.13. The van der Waals surface area contributed by atoms with E-state index in [0.29, 0.717) is 0 Å². The van der Waals surface area contributed by atoms with Gasteiger partial charge in [0.25, 0.3) is 0 Å². The summed E-state index contributed by atoms with van der Waals surface area (Å²) in [4.78, 5) is -1.44. The Hall–Kier alpha value is 0.0200. The summed E-state index contributed by atoms with van der Waals surface area (Å²) in [5.74, 6) is 0. The van der Waals surface area contributed by atoms with Gasteiger partial charge >= 0.3 is 12.6 Å². The van der Waals surface area contributed by atoms with Gasteiger partial charge in [-0.05, 0) is 6.42 Å². The van der Waals surface area contributed by atoms with Crippen molar-refractivity contribution in [1.29, 1.82) is 0 Å². The zero-order valence-electron chi connectivity index (χ0n) is 6.21. The molecule has 0 aliphatic heterocycles. The van der Waals surface area contributed by atoms with Gasteiger partial charge < -0.3 is 0 Å². The second kappa shape index (κ2) is 4.50. The molecule has 0 aromatic heterocycles. The molecule has 0 radical (unpaired) electrons. The molecule has 1 nitrogen and oxygen atoms in total. The van der Waals surface area contributed by atoms with Crippen LogP contribution in [0.3, 0.4) is 0 Å². The fourth-order valence-electron chi connectivity index (χ4n) is 0.615. The van der Waals surface area contributed by atoms with Crippen molar-refractivity contribution in [2.24, 2.45) is 0 Å². The van der Waals surface area contributed by atoms with Gasteiger partial charge in [-0.3, -0.25) is 0 Å². The topological polar surface area (TPSA) is 3.24 Å². The molecule has 0 unspecified atom stereocenters. The Bertz CT molecular complexity index is 138. The molecular weight excluding hydrogens is 268 g/mol. The van der Waals surface area contributed by atoms with E-state index in [2.05, 4.69) is 15.9 Å². The van der Waals surface area contributed by atoms with Crippen LogP contribution >= 0.6 is 15.9 Å². The summed E-state index contributed by atoms with van der Waals surface area (Å²) in [6.45, 7) is -1.09. The van der Waals surface area contributed by atoms with Gasteiger partial charge in [0.1, 0.15) is 0 Å². The molecule has 0 aromatic carbocycles. The van der Waals surface area contributed by atoms with Crippen molar-refractivity contribution < 1.29 is 26.3 Å². The largest absolute Gasteiger partial charge is 0.467 e. The van der Waals surface area contributed by atoms with E-state index in [-0.39, 0.29) is 11.8 Å². The minimum absolute atomic E-state index is 0.0929. The predicted octanol–water partition coefficient (Wildman–Crippen LogP) is 3.11. The normalized spacial score (nSPS) is 13.8. The molecule has 0 heterocycles. The molecule has 0 saturated heterocycles. The van der Waals surface area contributed by atoms with E-state index in [1.54, 1.807) is 0 Å². The van der Waals surface area contributed by atoms with Gasteiger partial charge in [-0.25, -0.2) is 0 Å².